The number of hydrogen-bond donors (Lipinski definition) is 3. The van der Waals surface area contributed by atoms with Crippen LogP contribution in [-0.2, 0) is 16.1 Å². The van der Waals surface area contributed by atoms with E-state index in [1.807, 2.05) is 18.2 Å². The van der Waals surface area contributed by atoms with Crippen LogP contribution in [0, 0.1) is 0 Å². The summed E-state index contributed by atoms with van der Waals surface area (Å²) in [5.74, 6) is 1.80. The summed E-state index contributed by atoms with van der Waals surface area (Å²) in [6.45, 7) is 2.56. The van der Waals surface area contributed by atoms with Crippen molar-refractivity contribution in [3.63, 3.8) is 0 Å². The first kappa shape index (κ1) is 21.1. The van der Waals surface area contributed by atoms with Crippen LogP contribution in [0.25, 0.3) is 10.9 Å². The van der Waals surface area contributed by atoms with Crippen molar-refractivity contribution in [2.24, 2.45) is 0 Å². The van der Waals surface area contributed by atoms with Crippen LogP contribution in [-0.4, -0.2) is 48.8 Å². The van der Waals surface area contributed by atoms with Gasteiger partial charge in [0.05, 0.1) is 19.2 Å². The normalized spacial score (nSPS) is 16.1. The molecule has 1 atom stereocenters. The first-order valence-electron chi connectivity index (χ1n) is 8.87. The fourth-order valence-corrected chi connectivity index (χ4v) is 2.91. The molecule has 1 unspecified atom stereocenters. The number of nitrogens with one attached hydrogen (secondary N) is 2. The minimum atomic E-state index is -0.268. The van der Waals surface area contributed by atoms with Crippen LogP contribution in [0.5, 0.6) is 5.75 Å². The van der Waals surface area contributed by atoms with Crippen LogP contribution in [0.1, 0.15) is 25.1 Å². The van der Waals surface area contributed by atoms with E-state index >= 15 is 0 Å². The molecule has 0 bridgehead atoms. The molecule has 1 aliphatic heterocycles. The van der Waals surface area contributed by atoms with Crippen LogP contribution in [0.3, 0.4) is 0 Å². The predicted octanol–water partition coefficient (Wildman–Crippen LogP) is 1.42. The third kappa shape index (κ3) is 5.66. The third-order valence-electron chi connectivity index (χ3n) is 4.31. The molecule has 1 amide bonds. The topological polar surface area (TPSA) is 111 Å². The standard InChI is InChI=1S/C18H25N5O3.ClH/c1-25-12-5-6-14-13(10-12)17(19)23-16(22-14)11-20-7-3-8-21-18(24)15-4-2-9-26-15;/h5-6,10,15,20H,2-4,7-9,11H2,1H3,(H,21,24)(H2,19,22,23);1H. The van der Waals surface area contributed by atoms with E-state index in [0.717, 1.165) is 42.5 Å². The molecule has 3 rings (SSSR count). The van der Waals surface area contributed by atoms with E-state index in [0.29, 0.717) is 31.3 Å². The van der Waals surface area contributed by atoms with Gasteiger partial charge in [-0.2, -0.15) is 0 Å². The summed E-state index contributed by atoms with van der Waals surface area (Å²) < 4.78 is 10.5. The number of hydrogen-bond acceptors (Lipinski definition) is 7. The summed E-state index contributed by atoms with van der Waals surface area (Å²) in [5, 5.41) is 6.95. The Labute approximate surface area is 164 Å². The van der Waals surface area contributed by atoms with E-state index in [1.165, 1.54) is 0 Å². The largest absolute Gasteiger partial charge is 0.497 e. The summed E-state index contributed by atoms with van der Waals surface area (Å²) in [5.41, 5.74) is 6.82. The highest BCUT2D eigenvalue weighted by atomic mass is 35.5. The molecule has 4 N–H and O–H groups in total. The summed E-state index contributed by atoms with van der Waals surface area (Å²) in [4.78, 5) is 20.7. The maximum absolute atomic E-state index is 11.8. The fraction of sp³-hybridized carbons (Fsp3) is 0.500. The molecule has 1 fully saturated rings. The zero-order valence-corrected chi connectivity index (χ0v) is 16.2. The molecule has 0 radical (unpaired) electrons. The lowest BCUT2D eigenvalue weighted by Crippen LogP contribution is -2.35. The van der Waals surface area contributed by atoms with Crippen molar-refractivity contribution in [3.8, 4) is 5.75 Å². The lowest BCUT2D eigenvalue weighted by Gasteiger charge is -2.11. The van der Waals surface area contributed by atoms with Gasteiger partial charge in [-0.1, -0.05) is 0 Å². The average molecular weight is 396 g/mol. The molecule has 9 heteroatoms. The number of rotatable bonds is 8. The molecule has 148 valence electrons. The Morgan fingerprint density at radius 3 is 2.96 bits per heavy atom. The third-order valence-corrected chi connectivity index (χ3v) is 4.31. The van der Waals surface area contributed by atoms with Gasteiger partial charge in [0.25, 0.3) is 0 Å². The van der Waals surface area contributed by atoms with Gasteiger partial charge in [-0.05, 0) is 44.0 Å². The molecule has 27 heavy (non-hydrogen) atoms. The lowest BCUT2D eigenvalue weighted by atomic mass is 10.2. The van der Waals surface area contributed by atoms with E-state index in [1.54, 1.807) is 7.11 Å². The SMILES string of the molecule is COc1ccc2nc(CNCCCNC(=O)C3CCCO3)nc(N)c2c1.Cl. The lowest BCUT2D eigenvalue weighted by molar-refractivity contribution is -0.130. The maximum Gasteiger partial charge on any atom is 0.249 e. The van der Waals surface area contributed by atoms with Crippen LogP contribution in [0.2, 0.25) is 0 Å². The fourth-order valence-electron chi connectivity index (χ4n) is 2.91. The molecule has 0 spiro atoms. The molecule has 0 aliphatic carbocycles. The summed E-state index contributed by atoms with van der Waals surface area (Å²) in [6.07, 6.45) is 2.33. The van der Waals surface area contributed by atoms with E-state index in [-0.39, 0.29) is 24.4 Å². The van der Waals surface area contributed by atoms with Gasteiger partial charge in [0.15, 0.2) is 0 Å². The van der Waals surface area contributed by atoms with Crippen molar-refractivity contribution in [2.45, 2.75) is 31.9 Å². The molecular weight excluding hydrogens is 370 g/mol. The number of amides is 1. The number of carbonyl (C=O) groups is 1. The molecule has 1 aromatic heterocycles. The Hall–Kier alpha value is -2.16. The molecule has 2 heterocycles. The van der Waals surface area contributed by atoms with Gasteiger partial charge in [-0.3, -0.25) is 4.79 Å². The monoisotopic (exact) mass is 395 g/mol. The number of aromatic nitrogens is 2. The highest BCUT2D eigenvalue weighted by molar-refractivity contribution is 5.89. The number of anilines is 1. The molecule has 1 aromatic carbocycles. The number of carbonyl (C=O) groups excluding carboxylic acids is 1. The van der Waals surface area contributed by atoms with Crippen molar-refractivity contribution in [1.82, 2.24) is 20.6 Å². The second-order valence-corrected chi connectivity index (χ2v) is 6.23. The van der Waals surface area contributed by atoms with Crippen molar-refractivity contribution >= 4 is 35.0 Å². The van der Waals surface area contributed by atoms with Gasteiger partial charge in [-0.15, -0.1) is 12.4 Å². The second kappa shape index (κ2) is 10.2. The second-order valence-electron chi connectivity index (χ2n) is 6.23. The van der Waals surface area contributed by atoms with Crippen molar-refractivity contribution in [2.75, 3.05) is 32.5 Å². The highest BCUT2D eigenvalue weighted by Crippen LogP contribution is 2.23. The summed E-state index contributed by atoms with van der Waals surface area (Å²) in [6, 6.07) is 5.55. The average Bonchev–Trinajstić information content (AvgIpc) is 3.19. The predicted molar refractivity (Wildman–Crippen MR) is 106 cm³/mol. The van der Waals surface area contributed by atoms with Crippen LogP contribution in [0.15, 0.2) is 18.2 Å². The number of nitrogens with zero attached hydrogens (tertiary/aromatic N) is 2. The van der Waals surface area contributed by atoms with Gasteiger partial charge >= 0.3 is 0 Å². The molecule has 0 saturated carbocycles. The first-order chi connectivity index (χ1) is 12.7. The van der Waals surface area contributed by atoms with E-state index in [9.17, 15) is 4.79 Å². The Bertz CT molecular complexity index is 768. The number of halogens is 1. The molecule has 1 saturated heterocycles. The van der Waals surface area contributed by atoms with Gasteiger partial charge in [0.1, 0.15) is 23.5 Å². The smallest absolute Gasteiger partial charge is 0.249 e. The zero-order valence-electron chi connectivity index (χ0n) is 15.4. The Morgan fingerprint density at radius 1 is 1.37 bits per heavy atom. The molecular formula is C18H26ClN5O3. The number of fused-ring (bicyclic) bond motifs is 1. The van der Waals surface area contributed by atoms with Gasteiger partial charge in [0, 0.05) is 18.5 Å². The Balaban J connectivity index is 0.00000261. The van der Waals surface area contributed by atoms with E-state index in [2.05, 4.69) is 20.6 Å². The van der Waals surface area contributed by atoms with Crippen LogP contribution < -0.4 is 21.1 Å². The number of nitrogens with two attached hydrogens (primary N) is 1. The van der Waals surface area contributed by atoms with Crippen molar-refractivity contribution in [3.05, 3.63) is 24.0 Å². The number of nitrogen functional groups attached to an aromatic ring is 1. The quantitative estimate of drug-likeness (QED) is 0.579. The van der Waals surface area contributed by atoms with Crippen LogP contribution in [0.4, 0.5) is 5.82 Å². The van der Waals surface area contributed by atoms with Crippen molar-refractivity contribution < 1.29 is 14.3 Å². The van der Waals surface area contributed by atoms with E-state index < -0.39 is 0 Å². The van der Waals surface area contributed by atoms with Crippen LogP contribution >= 0.6 is 12.4 Å². The van der Waals surface area contributed by atoms with Gasteiger partial charge < -0.3 is 25.8 Å². The van der Waals surface area contributed by atoms with Crippen molar-refractivity contribution in [1.29, 1.82) is 0 Å². The Kier molecular flexibility index (Phi) is 8.02. The Morgan fingerprint density at radius 2 is 2.22 bits per heavy atom. The molecule has 8 nitrogen and oxygen atoms in total. The molecule has 2 aromatic rings. The molecule has 1 aliphatic rings. The number of methoxy groups -OCH3 is 1. The van der Waals surface area contributed by atoms with Gasteiger partial charge in [-0.25, -0.2) is 9.97 Å². The summed E-state index contributed by atoms with van der Waals surface area (Å²) in [7, 11) is 1.61. The number of benzene rings is 1. The van der Waals surface area contributed by atoms with E-state index in [4.69, 9.17) is 15.2 Å². The minimum Gasteiger partial charge on any atom is -0.497 e. The zero-order chi connectivity index (χ0) is 18.4. The minimum absolute atomic E-state index is 0. The maximum atomic E-state index is 11.8. The van der Waals surface area contributed by atoms with Gasteiger partial charge in [0.2, 0.25) is 5.91 Å². The number of ether oxygens (including phenoxy) is 2. The first-order valence-corrected chi connectivity index (χ1v) is 8.87. The summed E-state index contributed by atoms with van der Waals surface area (Å²) >= 11 is 0. The highest BCUT2D eigenvalue weighted by Gasteiger charge is 2.22.